The Balaban J connectivity index is 2.30. The number of nitrogens with one attached hydrogen (secondary N) is 1. The van der Waals surface area contributed by atoms with Gasteiger partial charge in [-0.25, -0.2) is 21.6 Å². The molecule has 0 radical (unpaired) electrons. The second-order valence-corrected chi connectivity index (χ2v) is 8.02. The maximum absolute atomic E-state index is 12.3. The van der Waals surface area contributed by atoms with E-state index in [0.29, 0.717) is 5.75 Å². The highest BCUT2D eigenvalue weighted by atomic mass is 32.2. The summed E-state index contributed by atoms with van der Waals surface area (Å²) in [5.74, 6) is 0.283. The van der Waals surface area contributed by atoms with Crippen LogP contribution in [0.3, 0.4) is 0 Å². The lowest BCUT2D eigenvalue weighted by molar-refractivity contribution is 0.386. The number of hydrogen-bond donors (Lipinski definition) is 1. The summed E-state index contributed by atoms with van der Waals surface area (Å²) in [4.78, 5) is -0.0801. The Morgan fingerprint density at radius 2 is 1.95 bits per heavy atom. The average Bonchev–Trinajstić information content (AvgIpc) is 2.76. The molecule has 0 aromatic heterocycles. The zero-order valence-electron chi connectivity index (χ0n) is 11.4. The van der Waals surface area contributed by atoms with Crippen molar-refractivity contribution in [2.24, 2.45) is 0 Å². The molecule has 1 atom stereocenters. The van der Waals surface area contributed by atoms with E-state index in [1.165, 1.54) is 38.5 Å². The van der Waals surface area contributed by atoms with Gasteiger partial charge in [0.2, 0.25) is 10.0 Å². The van der Waals surface area contributed by atoms with Crippen LogP contribution in [0.5, 0.6) is 11.5 Å². The minimum Gasteiger partial charge on any atom is -0.497 e. The molecule has 0 spiro atoms. The molecule has 0 saturated carbocycles. The van der Waals surface area contributed by atoms with Gasteiger partial charge in [-0.1, -0.05) is 6.08 Å². The summed E-state index contributed by atoms with van der Waals surface area (Å²) < 4.78 is 59.6. The fraction of sp³-hybridized carbons (Fsp3) is 0.333. The van der Waals surface area contributed by atoms with Gasteiger partial charge in [-0.2, -0.15) is 0 Å². The van der Waals surface area contributed by atoms with Gasteiger partial charge in [0, 0.05) is 11.5 Å². The van der Waals surface area contributed by atoms with Crippen LogP contribution in [-0.2, 0) is 19.9 Å². The Bertz CT molecular complexity index is 767. The molecule has 116 valence electrons. The van der Waals surface area contributed by atoms with Crippen LogP contribution in [-0.4, -0.2) is 42.8 Å². The van der Waals surface area contributed by atoms with Crippen molar-refractivity contribution in [3.63, 3.8) is 0 Å². The van der Waals surface area contributed by atoms with Crippen LogP contribution in [0.4, 0.5) is 0 Å². The molecular weight excluding hydrogens is 318 g/mol. The minimum absolute atomic E-state index is 0.0801. The van der Waals surface area contributed by atoms with Gasteiger partial charge in [0.15, 0.2) is 9.84 Å². The van der Waals surface area contributed by atoms with E-state index in [2.05, 4.69) is 4.72 Å². The Labute approximate surface area is 123 Å². The SMILES string of the molecule is COc1ccc(S(=O)(=O)N[C@H]2C=CS(=O)(=O)C2)c(OC)c1. The number of methoxy groups -OCH3 is 2. The predicted molar refractivity (Wildman–Crippen MR) is 76.6 cm³/mol. The van der Waals surface area contributed by atoms with E-state index in [1.54, 1.807) is 0 Å². The van der Waals surface area contributed by atoms with E-state index in [4.69, 9.17) is 9.47 Å². The smallest absolute Gasteiger partial charge is 0.244 e. The van der Waals surface area contributed by atoms with E-state index in [9.17, 15) is 16.8 Å². The lowest BCUT2D eigenvalue weighted by Crippen LogP contribution is -2.35. The third-order valence-electron chi connectivity index (χ3n) is 2.90. The Morgan fingerprint density at radius 1 is 1.24 bits per heavy atom. The molecular formula is C12H15NO6S2. The normalized spacial score (nSPS) is 20.4. The average molecular weight is 333 g/mol. The molecule has 1 heterocycles. The number of hydrogen-bond acceptors (Lipinski definition) is 6. The fourth-order valence-corrected chi connectivity index (χ4v) is 4.59. The summed E-state index contributed by atoms with van der Waals surface area (Å²) in [6.45, 7) is 0. The lowest BCUT2D eigenvalue weighted by atomic mass is 10.3. The maximum Gasteiger partial charge on any atom is 0.244 e. The van der Waals surface area contributed by atoms with Crippen LogP contribution < -0.4 is 14.2 Å². The molecule has 21 heavy (non-hydrogen) atoms. The van der Waals surface area contributed by atoms with Gasteiger partial charge in [-0.15, -0.1) is 0 Å². The zero-order chi connectivity index (χ0) is 15.7. The molecule has 1 aromatic rings. The third kappa shape index (κ3) is 3.55. The second-order valence-electron chi connectivity index (χ2n) is 4.40. The highest BCUT2D eigenvalue weighted by Gasteiger charge is 2.28. The van der Waals surface area contributed by atoms with Crippen LogP contribution in [0, 0.1) is 0 Å². The van der Waals surface area contributed by atoms with Crippen molar-refractivity contribution in [2.75, 3.05) is 20.0 Å². The number of benzene rings is 1. The molecule has 2 rings (SSSR count). The first-order chi connectivity index (χ1) is 9.77. The molecule has 0 saturated heterocycles. The van der Waals surface area contributed by atoms with Crippen molar-refractivity contribution in [3.05, 3.63) is 29.7 Å². The Kier molecular flexibility index (Phi) is 4.26. The van der Waals surface area contributed by atoms with Crippen LogP contribution in [0.2, 0.25) is 0 Å². The lowest BCUT2D eigenvalue weighted by Gasteiger charge is -2.14. The van der Waals surface area contributed by atoms with E-state index in [-0.39, 0.29) is 16.4 Å². The summed E-state index contributed by atoms with van der Waals surface area (Å²) in [7, 11) is -4.45. The standard InChI is InChI=1S/C12H15NO6S2/c1-18-10-3-4-12(11(7-10)19-2)21(16,17)13-9-5-6-20(14,15)8-9/h3-7,9,13H,8H2,1-2H3/t9-/m0/s1. The Hall–Kier alpha value is -1.58. The van der Waals surface area contributed by atoms with Gasteiger partial charge in [0.1, 0.15) is 16.4 Å². The molecule has 0 unspecified atom stereocenters. The quantitative estimate of drug-likeness (QED) is 0.832. The summed E-state index contributed by atoms with van der Waals surface area (Å²) in [6, 6.07) is 3.48. The molecule has 0 bridgehead atoms. The summed E-state index contributed by atoms with van der Waals surface area (Å²) in [6.07, 6.45) is 1.31. The van der Waals surface area contributed by atoms with Gasteiger partial charge >= 0.3 is 0 Å². The number of sulfonamides is 1. The molecule has 1 aromatic carbocycles. The second kappa shape index (κ2) is 5.66. The zero-order valence-corrected chi connectivity index (χ0v) is 13.1. The first-order valence-corrected chi connectivity index (χ1v) is 9.12. The van der Waals surface area contributed by atoms with Crippen LogP contribution in [0.1, 0.15) is 0 Å². The van der Waals surface area contributed by atoms with Crippen LogP contribution >= 0.6 is 0 Å². The van der Waals surface area contributed by atoms with Crippen molar-refractivity contribution in [3.8, 4) is 11.5 Å². The van der Waals surface area contributed by atoms with Gasteiger partial charge in [0.05, 0.1) is 26.0 Å². The van der Waals surface area contributed by atoms with Crippen molar-refractivity contribution in [2.45, 2.75) is 10.9 Å². The highest BCUT2D eigenvalue weighted by molar-refractivity contribution is 7.94. The van der Waals surface area contributed by atoms with Crippen LogP contribution in [0.15, 0.2) is 34.6 Å². The van der Waals surface area contributed by atoms with Gasteiger partial charge < -0.3 is 9.47 Å². The summed E-state index contributed by atoms with van der Waals surface area (Å²) in [5.41, 5.74) is 0. The monoisotopic (exact) mass is 333 g/mol. The fourth-order valence-electron chi connectivity index (χ4n) is 1.91. The van der Waals surface area contributed by atoms with E-state index < -0.39 is 25.9 Å². The molecule has 0 aliphatic carbocycles. The highest BCUT2D eigenvalue weighted by Crippen LogP contribution is 2.28. The summed E-state index contributed by atoms with van der Waals surface area (Å²) in [5, 5.41) is 1.01. The van der Waals surface area contributed by atoms with Crippen molar-refractivity contribution in [1.29, 1.82) is 0 Å². The minimum atomic E-state index is -3.91. The topological polar surface area (TPSA) is 98.8 Å². The number of ether oxygens (including phenoxy) is 2. The van der Waals surface area contributed by atoms with E-state index in [1.807, 2.05) is 0 Å². The van der Waals surface area contributed by atoms with Gasteiger partial charge in [-0.3, -0.25) is 0 Å². The number of rotatable bonds is 5. The first-order valence-electron chi connectivity index (χ1n) is 5.93. The van der Waals surface area contributed by atoms with Gasteiger partial charge in [-0.05, 0) is 12.1 Å². The van der Waals surface area contributed by atoms with E-state index in [0.717, 1.165) is 5.41 Å². The third-order valence-corrected chi connectivity index (χ3v) is 5.82. The molecule has 0 fully saturated rings. The van der Waals surface area contributed by atoms with Gasteiger partial charge in [0.25, 0.3) is 0 Å². The van der Waals surface area contributed by atoms with Crippen molar-refractivity contribution < 1.29 is 26.3 Å². The Morgan fingerprint density at radius 3 is 2.48 bits per heavy atom. The molecule has 1 N–H and O–H groups in total. The largest absolute Gasteiger partial charge is 0.497 e. The molecule has 7 nitrogen and oxygen atoms in total. The molecule has 9 heteroatoms. The predicted octanol–water partition coefficient (Wildman–Crippen LogP) is 0.293. The maximum atomic E-state index is 12.3. The van der Waals surface area contributed by atoms with Crippen molar-refractivity contribution in [1.82, 2.24) is 4.72 Å². The molecule has 0 amide bonds. The summed E-state index contributed by atoms with van der Waals surface area (Å²) >= 11 is 0. The molecule has 1 aliphatic heterocycles. The molecule has 1 aliphatic rings. The van der Waals surface area contributed by atoms with Crippen LogP contribution in [0.25, 0.3) is 0 Å². The number of sulfone groups is 1. The van der Waals surface area contributed by atoms with E-state index >= 15 is 0 Å². The van der Waals surface area contributed by atoms with Crippen molar-refractivity contribution >= 4 is 19.9 Å². The first kappa shape index (κ1) is 15.8.